The van der Waals surface area contributed by atoms with Gasteiger partial charge in [-0.1, -0.05) is 12.5 Å². The van der Waals surface area contributed by atoms with E-state index in [0.29, 0.717) is 24.5 Å². The van der Waals surface area contributed by atoms with E-state index >= 15 is 0 Å². The first-order valence-electron chi connectivity index (χ1n) is 12.0. The van der Waals surface area contributed by atoms with Crippen LogP contribution in [-0.2, 0) is 24.8 Å². The van der Waals surface area contributed by atoms with Crippen molar-refractivity contribution in [1.82, 2.24) is 9.62 Å². The van der Waals surface area contributed by atoms with Crippen LogP contribution < -0.4 is 14.4 Å². The number of anilines is 1. The fourth-order valence-corrected chi connectivity index (χ4v) is 7.02. The van der Waals surface area contributed by atoms with Crippen molar-refractivity contribution in [2.24, 2.45) is 0 Å². The minimum Gasteiger partial charge on any atom is -0.492 e. The van der Waals surface area contributed by atoms with Gasteiger partial charge in [-0.3, -0.25) is 9.10 Å². The molecule has 0 spiro atoms. The number of aryl methyl sites for hydroxylation is 2. The number of rotatable bonds is 10. The number of carbonyl (C=O) groups is 1. The van der Waals surface area contributed by atoms with Crippen LogP contribution in [-0.4, -0.2) is 65.6 Å². The van der Waals surface area contributed by atoms with E-state index in [1.807, 2.05) is 19.9 Å². The molecule has 0 unspecified atom stereocenters. The Morgan fingerprint density at radius 3 is 2.14 bits per heavy atom. The largest absolute Gasteiger partial charge is 0.492 e. The molecule has 1 amide bonds. The van der Waals surface area contributed by atoms with Gasteiger partial charge in [0.2, 0.25) is 26.0 Å². The molecular weight excluding hydrogens is 502 g/mol. The van der Waals surface area contributed by atoms with Gasteiger partial charge in [0.15, 0.2) is 0 Å². The maximum Gasteiger partial charge on any atom is 0.243 e. The van der Waals surface area contributed by atoms with Gasteiger partial charge in [0, 0.05) is 13.1 Å². The Kier molecular flexibility index (Phi) is 9.02. The number of hydrogen-bond donors (Lipinski definition) is 1. The standard InChI is InChI=1S/C25H35N3O6S2/c1-19-16-20(2)18-22(17-19)28(35(4,30)31)21(3)25(29)26-12-15-34-23-8-10-24(11-9-23)36(32,33)27-13-6-5-7-14-27/h8-11,16-18,21H,5-7,12-15H2,1-4H3,(H,26,29)/t21-/m0/s1. The summed E-state index contributed by atoms with van der Waals surface area (Å²) in [6, 6.07) is 10.7. The molecule has 0 radical (unpaired) electrons. The topological polar surface area (TPSA) is 113 Å². The van der Waals surface area contributed by atoms with E-state index in [9.17, 15) is 21.6 Å². The molecule has 36 heavy (non-hydrogen) atoms. The van der Waals surface area contributed by atoms with Crippen LogP contribution in [0.1, 0.15) is 37.3 Å². The van der Waals surface area contributed by atoms with Crippen LogP contribution in [0.4, 0.5) is 5.69 Å². The van der Waals surface area contributed by atoms with Crippen molar-refractivity contribution >= 4 is 31.6 Å². The third-order valence-corrected chi connectivity index (χ3v) is 9.15. The van der Waals surface area contributed by atoms with Crippen molar-refractivity contribution in [2.45, 2.75) is 51.0 Å². The average molecular weight is 538 g/mol. The fraction of sp³-hybridized carbons (Fsp3) is 0.480. The molecule has 0 aromatic heterocycles. The Hall–Kier alpha value is -2.63. The van der Waals surface area contributed by atoms with Crippen molar-refractivity contribution in [2.75, 3.05) is 36.8 Å². The van der Waals surface area contributed by atoms with Gasteiger partial charge in [-0.25, -0.2) is 16.8 Å². The molecule has 1 N–H and O–H groups in total. The summed E-state index contributed by atoms with van der Waals surface area (Å²) >= 11 is 0. The number of sulfonamides is 2. The molecule has 3 rings (SSSR count). The number of hydrogen-bond acceptors (Lipinski definition) is 6. The lowest BCUT2D eigenvalue weighted by atomic mass is 10.1. The molecule has 1 aliphatic rings. The highest BCUT2D eigenvalue weighted by atomic mass is 32.2. The number of carbonyl (C=O) groups excluding carboxylic acids is 1. The summed E-state index contributed by atoms with van der Waals surface area (Å²) in [5.41, 5.74) is 2.23. The molecule has 11 heteroatoms. The van der Waals surface area contributed by atoms with E-state index in [2.05, 4.69) is 5.32 Å². The quantitative estimate of drug-likeness (QED) is 0.467. The molecule has 1 heterocycles. The Morgan fingerprint density at radius 1 is 1.00 bits per heavy atom. The van der Waals surface area contributed by atoms with Crippen molar-refractivity contribution in [3.05, 3.63) is 53.6 Å². The molecular formula is C25H35N3O6S2. The van der Waals surface area contributed by atoms with E-state index in [-0.39, 0.29) is 18.0 Å². The molecule has 2 aromatic carbocycles. The Labute approximate surface area is 214 Å². The Morgan fingerprint density at radius 2 is 1.58 bits per heavy atom. The zero-order valence-electron chi connectivity index (χ0n) is 21.2. The van der Waals surface area contributed by atoms with E-state index in [0.717, 1.165) is 41.0 Å². The van der Waals surface area contributed by atoms with Gasteiger partial charge in [-0.15, -0.1) is 0 Å². The van der Waals surface area contributed by atoms with Crippen molar-refractivity contribution in [1.29, 1.82) is 0 Å². The highest BCUT2D eigenvalue weighted by Gasteiger charge is 2.29. The Balaban J connectivity index is 1.56. The summed E-state index contributed by atoms with van der Waals surface area (Å²) in [5.74, 6) is 0.0223. The highest BCUT2D eigenvalue weighted by molar-refractivity contribution is 7.92. The summed E-state index contributed by atoms with van der Waals surface area (Å²) in [5, 5.41) is 2.71. The van der Waals surface area contributed by atoms with Crippen LogP contribution >= 0.6 is 0 Å². The molecule has 198 valence electrons. The third kappa shape index (κ3) is 6.98. The first-order chi connectivity index (χ1) is 16.9. The lowest BCUT2D eigenvalue weighted by Gasteiger charge is -2.28. The second-order valence-electron chi connectivity index (χ2n) is 9.16. The number of nitrogens with one attached hydrogen (secondary N) is 1. The van der Waals surface area contributed by atoms with Gasteiger partial charge in [-0.2, -0.15) is 4.31 Å². The zero-order chi connectivity index (χ0) is 26.5. The smallest absolute Gasteiger partial charge is 0.243 e. The molecule has 1 atom stereocenters. The molecule has 1 fully saturated rings. The first-order valence-corrected chi connectivity index (χ1v) is 15.3. The lowest BCUT2D eigenvalue weighted by molar-refractivity contribution is -0.121. The monoisotopic (exact) mass is 537 g/mol. The molecule has 9 nitrogen and oxygen atoms in total. The SMILES string of the molecule is Cc1cc(C)cc(N([C@@H](C)C(=O)NCCOc2ccc(S(=O)(=O)N3CCCCC3)cc2)S(C)(=O)=O)c1. The van der Waals surface area contributed by atoms with Crippen LogP contribution in [0.5, 0.6) is 5.75 Å². The summed E-state index contributed by atoms with van der Waals surface area (Å²) in [6.45, 7) is 6.65. The number of amides is 1. The summed E-state index contributed by atoms with van der Waals surface area (Å²) < 4.78 is 58.8. The van der Waals surface area contributed by atoms with Crippen LogP contribution in [0.2, 0.25) is 0 Å². The number of benzene rings is 2. The lowest BCUT2D eigenvalue weighted by Crippen LogP contribution is -2.48. The van der Waals surface area contributed by atoms with E-state index < -0.39 is 32.0 Å². The van der Waals surface area contributed by atoms with Crippen LogP contribution in [0.3, 0.4) is 0 Å². The van der Waals surface area contributed by atoms with Crippen LogP contribution in [0.25, 0.3) is 0 Å². The predicted octanol–water partition coefficient (Wildman–Crippen LogP) is 2.83. The number of ether oxygens (including phenoxy) is 1. The van der Waals surface area contributed by atoms with Crippen molar-refractivity contribution in [3.63, 3.8) is 0 Å². The zero-order valence-corrected chi connectivity index (χ0v) is 22.9. The minimum absolute atomic E-state index is 0.138. The summed E-state index contributed by atoms with van der Waals surface area (Å²) in [7, 11) is -7.21. The van der Waals surface area contributed by atoms with Gasteiger partial charge in [0.1, 0.15) is 18.4 Å². The second-order valence-corrected chi connectivity index (χ2v) is 13.0. The molecule has 0 aliphatic carbocycles. The van der Waals surface area contributed by atoms with Crippen molar-refractivity contribution in [3.8, 4) is 5.75 Å². The third-order valence-electron chi connectivity index (χ3n) is 6.00. The average Bonchev–Trinajstić information content (AvgIpc) is 2.81. The number of nitrogens with zero attached hydrogens (tertiary/aromatic N) is 2. The highest BCUT2D eigenvalue weighted by Crippen LogP contribution is 2.24. The Bertz CT molecular complexity index is 1250. The normalized spacial score (nSPS) is 15.8. The van der Waals surface area contributed by atoms with E-state index in [4.69, 9.17) is 4.74 Å². The van der Waals surface area contributed by atoms with Gasteiger partial charge < -0.3 is 10.1 Å². The van der Waals surface area contributed by atoms with Gasteiger partial charge in [0.25, 0.3) is 0 Å². The molecule has 2 aromatic rings. The predicted molar refractivity (Wildman–Crippen MR) is 140 cm³/mol. The molecule has 1 aliphatic heterocycles. The molecule has 0 bridgehead atoms. The maximum atomic E-state index is 12.8. The van der Waals surface area contributed by atoms with Crippen LogP contribution in [0, 0.1) is 13.8 Å². The van der Waals surface area contributed by atoms with Gasteiger partial charge in [-0.05, 0) is 81.1 Å². The minimum atomic E-state index is -3.71. The van der Waals surface area contributed by atoms with E-state index in [1.165, 1.54) is 23.4 Å². The van der Waals surface area contributed by atoms with Gasteiger partial charge >= 0.3 is 0 Å². The van der Waals surface area contributed by atoms with E-state index in [1.54, 1.807) is 24.3 Å². The summed E-state index contributed by atoms with van der Waals surface area (Å²) in [4.78, 5) is 13.0. The molecule has 1 saturated heterocycles. The number of piperidine rings is 1. The maximum absolute atomic E-state index is 12.8. The van der Waals surface area contributed by atoms with Crippen molar-refractivity contribution < 1.29 is 26.4 Å². The first kappa shape index (κ1) is 27.9. The fourth-order valence-electron chi connectivity index (χ4n) is 4.34. The summed E-state index contributed by atoms with van der Waals surface area (Å²) in [6.07, 6.45) is 3.87. The second kappa shape index (κ2) is 11.6. The van der Waals surface area contributed by atoms with Crippen LogP contribution in [0.15, 0.2) is 47.4 Å². The molecule has 0 saturated carbocycles. The van der Waals surface area contributed by atoms with Gasteiger partial charge in [0.05, 0.1) is 23.4 Å².